The van der Waals surface area contributed by atoms with Gasteiger partial charge in [-0.2, -0.15) is 0 Å². The Hall–Kier alpha value is -3.44. The van der Waals surface area contributed by atoms with E-state index in [1.807, 2.05) is 0 Å². The zero-order valence-electron chi connectivity index (χ0n) is 17.2. The first-order valence-corrected chi connectivity index (χ1v) is 9.95. The number of nitrogens with two attached hydrogens (primary N) is 2. The summed E-state index contributed by atoms with van der Waals surface area (Å²) in [5, 5.41) is 19.2. The number of aliphatic hydroxyl groups excluding tert-OH is 1. The van der Waals surface area contributed by atoms with Crippen LogP contribution in [0.3, 0.4) is 0 Å². The van der Waals surface area contributed by atoms with Crippen molar-refractivity contribution in [3.05, 3.63) is 57.4 Å². The smallest absolute Gasteiger partial charge is 0.341 e. The van der Waals surface area contributed by atoms with E-state index in [2.05, 4.69) is 0 Å². The summed E-state index contributed by atoms with van der Waals surface area (Å²) in [4.78, 5) is 26.4. The van der Waals surface area contributed by atoms with Gasteiger partial charge in [0.1, 0.15) is 25.0 Å². The molecule has 166 valence electrons. The van der Waals surface area contributed by atoms with Gasteiger partial charge in [0.15, 0.2) is 0 Å². The second kappa shape index (κ2) is 7.92. The van der Waals surface area contributed by atoms with Crippen LogP contribution >= 0.6 is 0 Å². The summed E-state index contributed by atoms with van der Waals surface area (Å²) in [7, 11) is 1.62. The van der Waals surface area contributed by atoms with E-state index in [9.17, 15) is 24.2 Å². The lowest BCUT2D eigenvalue weighted by atomic mass is 9.88. The van der Waals surface area contributed by atoms with Gasteiger partial charge in [0.25, 0.3) is 0 Å². The molecule has 3 aromatic rings. The van der Waals surface area contributed by atoms with Gasteiger partial charge in [0.05, 0.1) is 29.2 Å². The van der Waals surface area contributed by atoms with Gasteiger partial charge in [-0.25, -0.2) is 13.6 Å². The Balaban J connectivity index is 2.15. The molecule has 32 heavy (non-hydrogen) atoms. The lowest BCUT2D eigenvalue weighted by molar-refractivity contribution is 0.0695. The topological polar surface area (TPSA) is 135 Å². The molecule has 1 fully saturated rings. The molecule has 0 amide bonds. The minimum atomic E-state index is -1.50. The molecule has 11 heteroatoms. The number of aliphatic hydroxyl groups is 1. The Labute approximate surface area is 182 Å². The molecular weight excluding hydrogens is 421 g/mol. The number of nitrogens with zero attached hydrogens (tertiary/aromatic N) is 2. The molecule has 2 heterocycles. The molecule has 0 bridgehead atoms. The number of nitrogen functional groups attached to an aromatic ring is 1. The van der Waals surface area contributed by atoms with Crippen molar-refractivity contribution in [1.29, 1.82) is 0 Å². The summed E-state index contributed by atoms with van der Waals surface area (Å²) in [5.41, 5.74) is 11.2. The number of carbonyl (C=O) groups is 1. The SMILES string of the molecule is Bc1c(N2CCC(N)C2)c(F)cc2c(=O)c(C(=O)O)cn(-c3cc(N)c(F)cc3CO)c12. The van der Waals surface area contributed by atoms with Crippen LogP contribution in [0.5, 0.6) is 0 Å². The fourth-order valence-corrected chi connectivity index (χ4v) is 4.33. The van der Waals surface area contributed by atoms with E-state index in [-0.39, 0.29) is 39.6 Å². The molecule has 1 saturated heterocycles. The van der Waals surface area contributed by atoms with Crippen molar-refractivity contribution in [2.24, 2.45) is 5.73 Å². The predicted octanol–water partition coefficient (Wildman–Crippen LogP) is -0.163. The van der Waals surface area contributed by atoms with Crippen molar-refractivity contribution in [2.75, 3.05) is 23.7 Å². The minimum Gasteiger partial charge on any atom is -0.477 e. The summed E-state index contributed by atoms with van der Waals surface area (Å²) in [6, 6.07) is 3.16. The van der Waals surface area contributed by atoms with Crippen molar-refractivity contribution in [1.82, 2.24) is 4.57 Å². The Bertz CT molecular complexity index is 1330. The predicted molar refractivity (Wildman–Crippen MR) is 120 cm³/mol. The molecule has 4 rings (SSSR count). The highest BCUT2D eigenvalue weighted by Gasteiger charge is 2.27. The van der Waals surface area contributed by atoms with Crippen LogP contribution in [0.25, 0.3) is 16.6 Å². The van der Waals surface area contributed by atoms with E-state index >= 15 is 4.39 Å². The molecule has 1 aromatic heterocycles. The number of aromatic nitrogens is 1. The molecule has 0 saturated carbocycles. The highest BCUT2D eigenvalue weighted by molar-refractivity contribution is 6.42. The van der Waals surface area contributed by atoms with Crippen LogP contribution in [-0.4, -0.2) is 47.7 Å². The second-order valence-corrected chi connectivity index (χ2v) is 7.93. The summed E-state index contributed by atoms with van der Waals surface area (Å²) in [5.74, 6) is -2.92. The lowest BCUT2D eigenvalue weighted by Crippen LogP contribution is -2.32. The van der Waals surface area contributed by atoms with E-state index in [0.717, 1.165) is 18.3 Å². The first kappa shape index (κ1) is 21.8. The van der Waals surface area contributed by atoms with Gasteiger partial charge in [-0.1, -0.05) is 0 Å². The van der Waals surface area contributed by atoms with Crippen LogP contribution in [-0.2, 0) is 6.61 Å². The van der Waals surface area contributed by atoms with Crippen molar-refractivity contribution in [3.63, 3.8) is 0 Å². The maximum absolute atomic E-state index is 15.2. The molecule has 1 atom stereocenters. The number of halogens is 2. The average Bonchev–Trinajstić information content (AvgIpc) is 3.16. The molecule has 0 radical (unpaired) electrons. The number of anilines is 2. The molecule has 0 spiro atoms. The monoisotopic (exact) mass is 442 g/mol. The van der Waals surface area contributed by atoms with E-state index < -0.39 is 35.2 Å². The Morgan fingerprint density at radius 1 is 1.25 bits per heavy atom. The molecule has 1 aliphatic rings. The number of aromatic carboxylic acids is 1. The van der Waals surface area contributed by atoms with Crippen molar-refractivity contribution >= 4 is 41.6 Å². The first-order chi connectivity index (χ1) is 15.1. The number of rotatable bonds is 4. The molecule has 1 unspecified atom stereocenters. The molecule has 0 aliphatic carbocycles. The normalized spacial score (nSPS) is 16.1. The average molecular weight is 442 g/mol. The zero-order chi connectivity index (χ0) is 23.3. The van der Waals surface area contributed by atoms with Crippen molar-refractivity contribution < 1.29 is 23.8 Å². The van der Waals surface area contributed by atoms with Crippen LogP contribution in [0.15, 0.2) is 29.2 Å². The van der Waals surface area contributed by atoms with Crippen molar-refractivity contribution in [3.8, 4) is 5.69 Å². The van der Waals surface area contributed by atoms with Crippen LogP contribution in [0.2, 0.25) is 0 Å². The summed E-state index contributed by atoms with van der Waals surface area (Å²) in [6.07, 6.45) is 1.76. The number of fused-ring (bicyclic) bond motifs is 1. The van der Waals surface area contributed by atoms with Gasteiger partial charge in [-0.3, -0.25) is 4.79 Å². The maximum atomic E-state index is 15.2. The zero-order valence-corrected chi connectivity index (χ0v) is 17.2. The minimum absolute atomic E-state index is 0.117. The highest BCUT2D eigenvalue weighted by atomic mass is 19.1. The van der Waals surface area contributed by atoms with E-state index in [0.29, 0.717) is 25.0 Å². The quantitative estimate of drug-likeness (QED) is 0.326. The number of hydrogen-bond acceptors (Lipinski definition) is 6. The van der Waals surface area contributed by atoms with Gasteiger partial charge in [-0.05, 0) is 30.1 Å². The lowest BCUT2D eigenvalue weighted by Gasteiger charge is -2.25. The van der Waals surface area contributed by atoms with Gasteiger partial charge in [0, 0.05) is 36.3 Å². The Morgan fingerprint density at radius 3 is 2.56 bits per heavy atom. The Morgan fingerprint density at radius 2 is 1.97 bits per heavy atom. The molecule has 1 aliphatic heterocycles. The van der Waals surface area contributed by atoms with Crippen LogP contribution in [0.1, 0.15) is 22.3 Å². The fourth-order valence-electron chi connectivity index (χ4n) is 4.33. The van der Waals surface area contributed by atoms with Gasteiger partial charge in [0.2, 0.25) is 5.43 Å². The van der Waals surface area contributed by atoms with E-state index in [4.69, 9.17) is 11.5 Å². The molecule has 8 nitrogen and oxygen atoms in total. The van der Waals surface area contributed by atoms with E-state index in [1.54, 1.807) is 12.7 Å². The third-order valence-corrected chi connectivity index (χ3v) is 5.85. The highest BCUT2D eigenvalue weighted by Crippen LogP contribution is 2.29. The van der Waals surface area contributed by atoms with Crippen LogP contribution in [0.4, 0.5) is 20.2 Å². The largest absolute Gasteiger partial charge is 0.477 e. The summed E-state index contributed by atoms with van der Waals surface area (Å²) >= 11 is 0. The maximum Gasteiger partial charge on any atom is 0.341 e. The number of carboxylic acids is 1. The second-order valence-electron chi connectivity index (χ2n) is 7.93. The summed E-state index contributed by atoms with van der Waals surface area (Å²) in [6.45, 7) is 0.371. The number of hydrogen-bond donors (Lipinski definition) is 4. The number of benzene rings is 2. The fraction of sp³-hybridized carbons (Fsp3) is 0.238. The van der Waals surface area contributed by atoms with Gasteiger partial charge in [-0.15, -0.1) is 0 Å². The molecule has 2 aromatic carbocycles. The Kier molecular flexibility index (Phi) is 5.39. The van der Waals surface area contributed by atoms with Crippen molar-refractivity contribution in [2.45, 2.75) is 19.1 Å². The number of carboxylic acid groups (broad SMARTS) is 1. The summed E-state index contributed by atoms with van der Waals surface area (Å²) < 4.78 is 30.6. The standard InChI is InChI=1S/C21H21BF2N4O4/c22-17-18-11(4-14(24)19(17)27-2-1-10(25)6-27)20(30)12(21(31)32)7-28(18)16-5-15(26)13(23)3-9(16)8-29/h3-5,7,10,29H,1-2,6,8,22,25-26H2,(H,31,32). The molecular formula is C21H21BF2N4O4. The third-order valence-electron chi connectivity index (χ3n) is 5.85. The van der Waals surface area contributed by atoms with Crippen LogP contribution in [0, 0.1) is 11.6 Å². The number of pyridine rings is 1. The third kappa shape index (κ3) is 3.39. The van der Waals surface area contributed by atoms with Crippen LogP contribution < -0.4 is 27.3 Å². The first-order valence-electron chi connectivity index (χ1n) is 9.95. The van der Waals surface area contributed by atoms with Gasteiger partial charge < -0.3 is 31.1 Å². The molecule has 6 N–H and O–H groups in total. The van der Waals surface area contributed by atoms with Gasteiger partial charge >= 0.3 is 5.97 Å². The van der Waals surface area contributed by atoms with E-state index in [1.165, 1.54) is 10.6 Å².